The second-order valence-electron chi connectivity index (χ2n) is 9.98. The third-order valence-electron chi connectivity index (χ3n) is 5.27. The molecular formula is C28H40N6O4S. The number of carbonyl (C=O) groups is 2. The number of aliphatic imine (C=N–C) groups is 2. The third kappa shape index (κ3) is 9.82. The maximum absolute atomic E-state index is 12.7. The van der Waals surface area contributed by atoms with E-state index in [0.29, 0.717) is 11.5 Å². The minimum Gasteiger partial charge on any atom is -0.410 e. The number of hydrogen-bond donors (Lipinski definition) is 0. The summed E-state index contributed by atoms with van der Waals surface area (Å²) in [6.45, 7) is 8.19. The molecular weight excluding hydrogens is 516 g/mol. The summed E-state index contributed by atoms with van der Waals surface area (Å²) in [4.78, 5) is 38.1. The monoisotopic (exact) mass is 556 g/mol. The maximum atomic E-state index is 12.7. The fourth-order valence-corrected chi connectivity index (χ4v) is 3.86. The molecule has 39 heavy (non-hydrogen) atoms. The first-order valence-corrected chi connectivity index (χ1v) is 13.3. The molecule has 11 heteroatoms. The van der Waals surface area contributed by atoms with Gasteiger partial charge in [-0.3, -0.25) is 0 Å². The first-order valence-electron chi connectivity index (χ1n) is 12.6. The molecule has 0 fully saturated rings. The summed E-state index contributed by atoms with van der Waals surface area (Å²) >= 11 is 0.864. The molecule has 0 atom stereocenters. The SMILES string of the molecule is CC(C)c1cc(OC(=O)N(C)SN(C)C(=O)Oc2ccc(N=CN(C)C)c(C(C)C)c2)ccc1N=CN(C)C. The van der Waals surface area contributed by atoms with Crippen LogP contribution < -0.4 is 9.47 Å². The van der Waals surface area contributed by atoms with Gasteiger partial charge in [-0.15, -0.1) is 0 Å². The van der Waals surface area contributed by atoms with Gasteiger partial charge in [-0.2, -0.15) is 0 Å². The molecule has 0 heterocycles. The number of rotatable bonds is 10. The van der Waals surface area contributed by atoms with Crippen LogP contribution in [0.1, 0.15) is 50.7 Å². The third-order valence-corrected chi connectivity index (χ3v) is 6.06. The normalized spacial score (nSPS) is 11.4. The summed E-state index contributed by atoms with van der Waals surface area (Å²) in [6, 6.07) is 10.6. The molecule has 2 rings (SSSR count). The van der Waals surface area contributed by atoms with Crippen molar-refractivity contribution in [3.8, 4) is 11.5 Å². The zero-order chi connectivity index (χ0) is 29.3. The van der Waals surface area contributed by atoms with Gasteiger partial charge in [0.25, 0.3) is 0 Å². The van der Waals surface area contributed by atoms with Gasteiger partial charge in [0.1, 0.15) is 11.5 Å². The number of benzene rings is 2. The minimum absolute atomic E-state index is 0.177. The number of amides is 2. The molecule has 0 spiro atoms. The van der Waals surface area contributed by atoms with Crippen molar-refractivity contribution in [1.29, 1.82) is 0 Å². The van der Waals surface area contributed by atoms with Gasteiger partial charge >= 0.3 is 12.2 Å². The number of ether oxygens (including phenoxy) is 2. The van der Waals surface area contributed by atoms with Gasteiger partial charge in [0.15, 0.2) is 0 Å². The van der Waals surface area contributed by atoms with Crippen molar-refractivity contribution < 1.29 is 19.1 Å². The van der Waals surface area contributed by atoms with Gasteiger partial charge in [0.2, 0.25) is 0 Å². The van der Waals surface area contributed by atoms with E-state index in [9.17, 15) is 9.59 Å². The number of nitrogens with zero attached hydrogens (tertiary/aromatic N) is 6. The molecule has 0 saturated carbocycles. The molecule has 0 aromatic heterocycles. The Hall–Kier alpha value is -3.73. The Balaban J connectivity index is 2.05. The molecule has 0 N–H and O–H groups in total. The summed E-state index contributed by atoms with van der Waals surface area (Å²) < 4.78 is 13.5. The van der Waals surface area contributed by atoms with Crippen molar-refractivity contribution in [2.45, 2.75) is 39.5 Å². The summed E-state index contributed by atoms with van der Waals surface area (Å²) in [5.74, 6) is 1.14. The van der Waals surface area contributed by atoms with Crippen LogP contribution in [0, 0.1) is 0 Å². The predicted molar refractivity (Wildman–Crippen MR) is 160 cm³/mol. The molecule has 0 aliphatic rings. The maximum Gasteiger partial charge on any atom is 0.426 e. The van der Waals surface area contributed by atoms with Crippen molar-refractivity contribution in [2.24, 2.45) is 9.98 Å². The highest BCUT2D eigenvalue weighted by Crippen LogP contribution is 2.32. The quantitative estimate of drug-likeness (QED) is 0.187. The summed E-state index contributed by atoms with van der Waals surface area (Å²) in [7, 11) is 10.6. The van der Waals surface area contributed by atoms with E-state index in [1.54, 1.807) is 36.9 Å². The lowest BCUT2D eigenvalue weighted by atomic mass is 10.0. The van der Waals surface area contributed by atoms with Gasteiger partial charge in [0.05, 0.1) is 36.2 Å². The first kappa shape index (κ1) is 31.5. The lowest BCUT2D eigenvalue weighted by Gasteiger charge is -2.22. The van der Waals surface area contributed by atoms with Gasteiger partial charge in [-0.25, -0.2) is 28.2 Å². The predicted octanol–water partition coefficient (Wildman–Crippen LogP) is 6.50. The van der Waals surface area contributed by atoms with Crippen LogP contribution in [0.2, 0.25) is 0 Å². The standard InChI is InChI=1S/C28H40N6O4S/c1-19(2)23-15-21(11-13-25(23)29-17-31(5)6)37-27(35)33(9)39-34(10)28(36)38-22-12-14-26(30-18-32(7)8)24(16-22)20(3)4/h11-20H,1-10H3. The molecule has 2 aromatic carbocycles. The van der Waals surface area contributed by atoms with E-state index in [1.807, 2.05) is 77.8 Å². The Bertz CT molecular complexity index is 1110. The topological polar surface area (TPSA) is 90.3 Å². The lowest BCUT2D eigenvalue weighted by molar-refractivity contribution is 0.181. The van der Waals surface area contributed by atoms with Crippen LogP contribution in [-0.4, -0.2) is 85.6 Å². The molecule has 10 nitrogen and oxygen atoms in total. The largest absolute Gasteiger partial charge is 0.426 e. The molecule has 0 bridgehead atoms. The van der Waals surface area contributed by atoms with E-state index in [1.165, 1.54) is 22.7 Å². The summed E-state index contributed by atoms with van der Waals surface area (Å²) in [6.07, 6.45) is 2.18. The zero-order valence-electron chi connectivity index (χ0n) is 24.5. The Morgan fingerprint density at radius 3 is 1.36 bits per heavy atom. The van der Waals surface area contributed by atoms with Crippen LogP contribution in [-0.2, 0) is 0 Å². The smallest absolute Gasteiger partial charge is 0.410 e. The highest BCUT2D eigenvalue weighted by Gasteiger charge is 2.21. The van der Waals surface area contributed by atoms with Crippen molar-refractivity contribution in [1.82, 2.24) is 18.4 Å². The van der Waals surface area contributed by atoms with E-state index in [-0.39, 0.29) is 11.8 Å². The highest BCUT2D eigenvalue weighted by atomic mass is 32.2. The van der Waals surface area contributed by atoms with Crippen LogP contribution in [0.5, 0.6) is 11.5 Å². The summed E-state index contributed by atoms with van der Waals surface area (Å²) in [5, 5.41) is 0. The van der Waals surface area contributed by atoms with E-state index in [2.05, 4.69) is 9.98 Å². The van der Waals surface area contributed by atoms with Crippen LogP contribution in [0.25, 0.3) is 0 Å². The molecule has 0 aliphatic heterocycles. The zero-order valence-corrected chi connectivity index (χ0v) is 25.3. The summed E-state index contributed by atoms with van der Waals surface area (Å²) in [5.41, 5.74) is 3.52. The Kier molecular flexibility index (Phi) is 11.7. The van der Waals surface area contributed by atoms with Gasteiger partial charge in [-0.1, -0.05) is 27.7 Å². The molecule has 2 aromatic rings. The van der Waals surface area contributed by atoms with Crippen molar-refractivity contribution in [2.75, 3.05) is 42.3 Å². The molecule has 0 unspecified atom stereocenters. The molecule has 2 amide bonds. The van der Waals surface area contributed by atoms with E-state index in [0.717, 1.165) is 34.6 Å². The van der Waals surface area contributed by atoms with Crippen molar-refractivity contribution >= 4 is 48.4 Å². The first-order chi connectivity index (χ1) is 18.3. The second-order valence-corrected chi connectivity index (χ2v) is 11.2. The van der Waals surface area contributed by atoms with E-state index in [4.69, 9.17) is 9.47 Å². The highest BCUT2D eigenvalue weighted by molar-refractivity contribution is 7.95. The average molecular weight is 557 g/mol. The van der Waals surface area contributed by atoms with Crippen molar-refractivity contribution in [3.63, 3.8) is 0 Å². The lowest BCUT2D eigenvalue weighted by Crippen LogP contribution is -2.32. The van der Waals surface area contributed by atoms with Crippen molar-refractivity contribution in [3.05, 3.63) is 47.5 Å². The van der Waals surface area contributed by atoms with Crippen LogP contribution in [0.4, 0.5) is 21.0 Å². The van der Waals surface area contributed by atoms with Gasteiger partial charge < -0.3 is 19.3 Å². The Morgan fingerprint density at radius 1 is 0.692 bits per heavy atom. The Labute approximate surface area is 236 Å². The van der Waals surface area contributed by atoms with Gasteiger partial charge in [0, 0.05) is 42.3 Å². The average Bonchev–Trinajstić information content (AvgIpc) is 2.86. The van der Waals surface area contributed by atoms with E-state index >= 15 is 0 Å². The van der Waals surface area contributed by atoms with Gasteiger partial charge in [-0.05, 0) is 59.4 Å². The molecule has 212 valence electrons. The molecule has 0 radical (unpaired) electrons. The fraction of sp³-hybridized carbons (Fsp3) is 0.429. The molecule has 0 aliphatic carbocycles. The fourth-order valence-electron chi connectivity index (χ4n) is 3.29. The number of hydrogen-bond acceptors (Lipinski definition) is 7. The van der Waals surface area contributed by atoms with Crippen LogP contribution >= 0.6 is 12.1 Å². The molecule has 0 saturated heterocycles. The minimum atomic E-state index is -0.635. The Morgan fingerprint density at radius 2 is 1.05 bits per heavy atom. The second kappa shape index (κ2) is 14.4. The van der Waals surface area contributed by atoms with Crippen LogP contribution in [0.3, 0.4) is 0 Å². The van der Waals surface area contributed by atoms with E-state index < -0.39 is 12.2 Å². The van der Waals surface area contributed by atoms with Crippen LogP contribution in [0.15, 0.2) is 46.4 Å². The number of carbonyl (C=O) groups excluding carboxylic acids is 2.